The Bertz CT molecular complexity index is 788. The summed E-state index contributed by atoms with van der Waals surface area (Å²) in [6.07, 6.45) is 1.52. The fourth-order valence-corrected chi connectivity index (χ4v) is 2.18. The Balaban J connectivity index is 1.65. The molecule has 2 aromatic carbocycles. The van der Waals surface area contributed by atoms with Crippen molar-refractivity contribution in [3.8, 4) is 11.5 Å². The minimum absolute atomic E-state index is 0.207. The molecule has 0 atom stereocenters. The van der Waals surface area contributed by atoms with Gasteiger partial charge in [-0.05, 0) is 64.5 Å². The molecule has 1 heterocycles. The van der Waals surface area contributed by atoms with Crippen molar-refractivity contribution in [1.29, 1.82) is 0 Å². The average molecular weight is 369 g/mol. The fourth-order valence-electron chi connectivity index (χ4n) is 1.94. The number of hydrogen-bond acceptors (Lipinski definition) is 3. The summed E-state index contributed by atoms with van der Waals surface area (Å²) in [6.45, 7) is 0. The number of amides is 1. The van der Waals surface area contributed by atoms with Crippen LogP contribution in [-0.4, -0.2) is 10.9 Å². The largest absolute Gasteiger partial charge is 0.457 e. The second-order valence-electron chi connectivity index (χ2n) is 4.76. The summed E-state index contributed by atoms with van der Waals surface area (Å²) in [5.74, 6) is 1.27. The molecule has 0 aliphatic rings. The molecule has 4 nitrogen and oxygen atoms in total. The lowest BCUT2D eigenvalue weighted by atomic mass is 10.2. The van der Waals surface area contributed by atoms with E-state index in [0.717, 1.165) is 5.75 Å². The van der Waals surface area contributed by atoms with E-state index in [2.05, 4.69) is 26.2 Å². The van der Waals surface area contributed by atoms with E-state index >= 15 is 0 Å². The highest BCUT2D eigenvalue weighted by Crippen LogP contribution is 2.22. The summed E-state index contributed by atoms with van der Waals surface area (Å²) >= 11 is 3.24. The van der Waals surface area contributed by atoms with Gasteiger partial charge >= 0.3 is 0 Å². The van der Waals surface area contributed by atoms with E-state index in [4.69, 9.17) is 4.74 Å². The Hall–Kier alpha value is -2.66. The number of nitrogens with one attached hydrogen (secondary N) is 1. The van der Waals surface area contributed by atoms with E-state index in [0.29, 0.717) is 21.6 Å². The fraction of sp³-hybridized carbons (Fsp3) is 0. The maximum absolute atomic E-state index is 12.1. The molecule has 0 fully saturated rings. The predicted molar refractivity (Wildman–Crippen MR) is 92.8 cm³/mol. The molecule has 23 heavy (non-hydrogen) atoms. The number of benzene rings is 2. The van der Waals surface area contributed by atoms with Gasteiger partial charge in [0.2, 0.25) is 0 Å². The zero-order valence-electron chi connectivity index (χ0n) is 12.1. The van der Waals surface area contributed by atoms with E-state index in [-0.39, 0.29) is 5.91 Å². The second kappa shape index (κ2) is 7.07. The lowest BCUT2D eigenvalue weighted by molar-refractivity contribution is 0.102. The highest BCUT2D eigenvalue weighted by atomic mass is 79.9. The number of ether oxygens (including phenoxy) is 1. The first-order valence-corrected chi connectivity index (χ1v) is 7.76. The summed E-state index contributed by atoms with van der Waals surface area (Å²) in [5, 5.41) is 2.82. The van der Waals surface area contributed by atoms with Crippen LogP contribution in [-0.2, 0) is 0 Å². The molecule has 0 unspecified atom stereocenters. The number of para-hydroxylation sites is 1. The van der Waals surface area contributed by atoms with Crippen LogP contribution in [0.1, 0.15) is 10.4 Å². The molecule has 0 bridgehead atoms. The van der Waals surface area contributed by atoms with E-state index < -0.39 is 0 Å². The molecule has 5 heteroatoms. The van der Waals surface area contributed by atoms with E-state index in [1.54, 1.807) is 24.3 Å². The van der Waals surface area contributed by atoms with Gasteiger partial charge in [0.25, 0.3) is 5.91 Å². The van der Waals surface area contributed by atoms with Crippen molar-refractivity contribution >= 4 is 27.5 Å². The monoisotopic (exact) mass is 368 g/mol. The number of nitrogens with zero attached hydrogens (tertiary/aromatic N) is 1. The third kappa shape index (κ3) is 4.17. The SMILES string of the molecule is O=C(Nc1ccc(Oc2ccccc2)cc1)c1ccc(Br)nc1. The van der Waals surface area contributed by atoms with Crippen molar-refractivity contribution in [2.45, 2.75) is 0 Å². The number of halogens is 1. The van der Waals surface area contributed by atoms with Gasteiger partial charge in [-0.25, -0.2) is 4.98 Å². The number of rotatable bonds is 4. The van der Waals surface area contributed by atoms with Gasteiger partial charge < -0.3 is 10.1 Å². The van der Waals surface area contributed by atoms with Crippen molar-refractivity contribution in [3.05, 3.63) is 83.1 Å². The second-order valence-corrected chi connectivity index (χ2v) is 5.58. The molecule has 0 radical (unpaired) electrons. The predicted octanol–water partition coefficient (Wildman–Crippen LogP) is 4.89. The number of pyridine rings is 1. The summed E-state index contributed by atoms with van der Waals surface area (Å²) in [7, 11) is 0. The molecule has 1 aromatic heterocycles. The Labute approximate surface area is 142 Å². The van der Waals surface area contributed by atoms with Crippen LogP contribution in [0.5, 0.6) is 11.5 Å². The zero-order chi connectivity index (χ0) is 16.1. The first-order valence-electron chi connectivity index (χ1n) is 6.96. The summed E-state index contributed by atoms with van der Waals surface area (Å²) in [6, 6.07) is 20.2. The van der Waals surface area contributed by atoms with Gasteiger partial charge in [0.05, 0.1) is 5.56 Å². The summed E-state index contributed by atoms with van der Waals surface area (Å²) in [4.78, 5) is 16.1. The molecule has 114 valence electrons. The van der Waals surface area contributed by atoms with Gasteiger partial charge in [-0.1, -0.05) is 18.2 Å². The lowest BCUT2D eigenvalue weighted by Crippen LogP contribution is -2.11. The van der Waals surface area contributed by atoms with Crippen molar-refractivity contribution in [2.75, 3.05) is 5.32 Å². The Morgan fingerprint density at radius 2 is 1.61 bits per heavy atom. The van der Waals surface area contributed by atoms with Gasteiger partial charge in [0, 0.05) is 11.9 Å². The highest BCUT2D eigenvalue weighted by molar-refractivity contribution is 9.10. The van der Waals surface area contributed by atoms with Crippen LogP contribution < -0.4 is 10.1 Å². The van der Waals surface area contributed by atoms with Gasteiger partial charge in [0.1, 0.15) is 16.1 Å². The number of carbonyl (C=O) groups excluding carboxylic acids is 1. The first kappa shape index (κ1) is 15.2. The Morgan fingerprint density at radius 1 is 0.913 bits per heavy atom. The van der Waals surface area contributed by atoms with Crippen LogP contribution in [0.15, 0.2) is 77.5 Å². The molecular formula is C18H13BrN2O2. The van der Waals surface area contributed by atoms with Crippen molar-refractivity contribution in [1.82, 2.24) is 4.98 Å². The van der Waals surface area contributed by atoms with Gasteiger partial charge in [0.15, 0.2) is 0 Å². The topological polar surface area (TPSA) is 51.2 Å². The average Bonchev–Trinajstić information content (AvgIpc) is 2.58. The molecule has 0 aliphatic heterocycles. The van der Waals surface area contributed by atoms with Crippen LogP contribution in [0, 0.1) is 0 Å². The van der Waals surface area contributed by atoms with Crippen LogP contribution in [0.4, 0.5) is 5.69 Å². The first-order chi connectivity index (χ1) is 11.2. The van der Waals surface area contributed by atoms with Gasteiger partial charge in [-0.3, -0.25) is 4.79 Å². The lowest BCUT2D eigenvalue weighted by Gasteiger charge is -2.08. The highest BCUT2D eigenvalue weighted by Gasteiger charge is 2.06. The molecule has 3 rings (SSSR count). The minimum atomic E-state index is -0.207. The molecule has 3 aromatic rings. The maximum atomic E-state index is 12.1. The van der Waals surface area contributed by atoms with Crippen LogP contribution in [0.25, 0.3) is 0 Å². The quantitative estimate of drug-likeness (QED) is 0.667. The van der Waals surface area contributed by atoms with Crippen molar-refractivity contribution in [2.24, 2.45) is 0 Å². The number of anilines is 1. The van der Waals surface area contributed by atoms with Crippen molar-refractivity contribution < 1.29 is 9.53 Å². The normalized spacial score (nSPS) is 10.1. The van der Waals surface area contributed by atoms with Gasteiger partial charge in [-0.2, -0.15) is 0 Å². The zero-order valence-corrected chi connectivity index (χ0v) is 13.7. The van der Waals surface area contributed by atoms with Crippen LogP contribution in [0.2, 0.25) is 0 Å². The van der Waals surface area contributed by atoms with E-state index in [9.17, 15) is 4.79 Å². The van der Waals surface area contributed by atoms with Crippen LogP contribution in [0.3, 0.4) is 0 Å². The van der Waals surface area contributed by atoms with Gasteiger partial charge in [-0.15, -0.1) is 0 Å². The van der Waals surface area contributed by atoms with Crippen LogP contribution >= 0.6 is 15.9 Å². The number of hydrogen-bond donors (Lipinski definition) is 1. The molecule has 0 saturated carbocycles. The standard InChI is InChI=1S/C18H13BrN2O2/c19-17-11-6-13(12-20-17)18(22)21-14-7-9-16(10-8-14)23-15-4-2-1-3-5-15/h1-12H,(H,21,22). The van der Waals surface area contributed by atoms with E-state index in [1.165, 1.54) is 6.20 Å². The number of aromatic nitrogens is 1. The maximum Gasteiger partial charge on any atom is 0.257 e. The Kier molecular flexibility index (Phi) is 4.68. The summed E-state index contributed by atoms with van der Waals surface area (Å²) < 4.78 is 6.40. The molecule has 1 N–H and O–H groups in total. The smallest absolute Gasteiger partial charge is 0.257 e. The third-order valence-electron chi connectivity index (χ3n) is 3.08. The Morgan fingerprint density at radius 3 is 2.26 bits per heavy atom. The third-order valence-corrected chi connectivity index (χ3v) is 3.55. The number of carbonyl (C=O) groups is 1. The summed E-state index contributed by atoms with van der Waals surface area (Å²) in [5.41, 5.74) is 1.19. The molecular weight excluding hydrogens is 356 g/mol. The van der Waals surface area contributed by atoms with E-state index in [1.807, 2.05) is 42.5 Å². The minimum Gasteiger partial charge on any atom is -0.457 e. The molecule has 0 spiro atoms. The molecule has 0 aliphatic carbocycles. The molecule has 0 saturated heterocycles. The molecule has 1 amide bonds. The van der Waals surface area contributed by atoms with Crippen molar-refractivity contribution in [3.63, 3.8) is 0 Å².